The van der Waals surface area contributed by atoms with E-state index in [0.717, 1.165) is 23.5 Å². The summed E-state index contributed by atoms with van der Waals surface area (Å²) in [6.45, 7) is 2.09. The molecule has 1 heterocycles. The minimum absolute atomic E-state index is 0.0925. The van der Waals surface area contributed by atoms with Crippen LogP contribution < -0.4 is 10.1 Å². The maximum absolute atomic E-state index is 5.51. The van der Waals surface area contributed by atoms with Crippen LogP contribution in [0.1, 0.15) is 29.9 Å². The Hall–Kier alpha value is -1.74. The van der Waals surface area contributed by atoms with Crippen LogP contribution in [-0.2, 0) is 6.42 Å². The number of methoxy groups -OCH3 is 1. The number of ether oxygens (including phenoxy) is 1. The van der Waals surface area contributed by atoms with Crippen LogP contribution in [0.3, 0.4) is 0 Å². The average Bonchev–Trinajstić information content (AvgIpc) is 2.88. The fourth-order valence-corrected chi connectivity index (χ4v) is 2.28. The highest BCUT2D eigenvalue weighted by Gasteiger charge is 2.20. The van der Waals surface area contributed by atoms with Crippen molar-refractivity contribution >= 4 is 0 Å². The molecule has 1 unspecified atom stereocenters. The van der Waals surface area contributed by atoms with Crippen molar-refractivity contribution in [2.75, 3.05) is 14.2 Å². The molecule has 0 saturated heterocycles. The van der Waals surface area contributed by atoms with Gasteiger partial charge in [-0.05, 0) is 19.2 Å². The Balaban J connectivity index is 2.45. The van der Waals surface area contributed by atoms with Crippen molar-refractivity contribution in [1.82, 2.24) is 5.32 Å². The molecule has 0 bridgehead atoms. The number of aryl methyl sites for hydroxylation is 1. The first-order valence-electron chi connectivity index (χ1n) is 6.18. The van der Waals surface area contributed by atoms with Crippen LogP contribution in [0, 0.1) is 0 Å². The topological polar surface area (TPSA) is 34.4 Å². The first kappa shape index (κ1) is 12.7. The zero-order valence-electron chi connectivity index (χ0n) is 11.1. The number of furan rings is 1. The zero-order chi connectivity index (χ0) is 13.0. The molecule has 0 amide bonds. The zero-order valence-corrected chi connectivity index (χ0v) is 11.1. The summed E-state index contributed by atoms with van der Waals surface area (Å²) < 4.78 is 10.9. The van der Waals surface area contributed by atoms with E-state index in [1.807, 2.05) is 31.3 Å². The van der Waals surface area contributed by atoms with Gasteiger partial charge in [-0.15, -0.1) is 0 Å². The average molecular weight is 245 g/mol. The third kappa shape index (κ3) is 2.27. The number of para-hydroxylation sites is 1. The second kappa shape index (κ2) is 5.74. The maximum Gasteiger partial charge on any atom is 0.123 e. The second-order valence-corrected chi connectivity index (χ2v) is 4.12. The van der Waals surface area contributed by atoms with Gasteiger partial charge in [0.15, 0.2) is 0 Å². The molecule has 96 valence electrons. The van der Waals surface area contributed by atoms with Crippen LogP contribution >= 0.6 is 0 Å². The number of hydrogen-bond acceptors (Lipinski definition) is 3. The lowest BCUT2D eigenvalue weighted by Gasteiger charge is -2.19. The summed E-state index contributed by atoms with van der Waals surface area (Å²) in [5, 5.41) is 3.33. The molecule has 0 saturated carbocycles. The fraction of sp³-hybridized carbons (Fsp3) is 0.333. The van der Waals surface area contributed by atoms with E-state index in [1.54, 1.807) is 13.4 Å². The first-order valence-corrected chi connectivity index (χ1v) is 6.18. The molecule has 1 aromatic carbocycles. The van der Waals surface area contributed by atoms with E-state index < -0.39 is 0 Å². The van der Waals surface area contributed by atoms with Crippen molar-refractivity contribution in [3.63, 3.8) is 0 Å². The smallest absolute Gasteiger partial charge is 0.123 e. The lowest BCUT2D eigenvalue weighted by molar-refractivity contribution is 0.405. The van der Waals surface area contributed by atoms with Crippen LogP contribution in [0.15, 0.2) is 41.0 Å². The van der Waals surface area contributed by atoms with Crippen LogP contribution in [0.4, 0.5) is 0 Å². The quantitative estimate of drug-likeness (QED) is 0.878. The minimum atomic E-state index is 0.0925. The van der Waals surface area contributed by atoms with Gasteiger partial charge in [0.2, 0.25) is 0 Å². The molecule has 0 radical (unpaired) electrons. The molecule has 1 atom stereocenters. The van der Waals surface area contributed by atoms with E-state index in [4.69, 9.17) is 9.15 Å². The Bertz CT molecular complexity index is 505. The van der Waals surface area contributed by atoms with E-state index in [2.05, 4.69) is 18.3 Å². The molecule has 0 aliphatic heterocycles. The van der Waals surface area contributed by atoms with Gasteiger partial charge in [-0.1, -0.05) is 25.1 Å². The van der Waals surface area contributed by atoms with E-state index >= 15 is 0 Å². The summed E-state index contributed by atoms with van der Waals surface area (Å²) in [7, 11) is 3.64. The molecular formula is C15H19NO2. The number of rotatable bonds is 5. The Labute approximate surface area is 108 Å². The van der Waals surface area contributed by atoms with E-state index in [1.165, 1.54) is 5.56 Å². The van der Waals surface area contributed by atoms with Crippen LogP contribution in [0.25, 0.3) is 0 Å². The predicted molar refractivity (Wildman–Crippen MR) is 72.0 cm³/mol. The molecule has 18 heavy (non-hydrogen) atoms. The van der Waals surface area contributed by atoms with Gasteiger partial charge in [-0.2, -0.15) is 0 Å². The third-order valence-corrected chi connectivity index (χ3v) is 3.15. The van der Waals surface area contributed by atoms with Crippen molar-refractivity contribution in [2.24, 2.45) is 0 Å². The molecule has 0 aliphatic carbocycles. The second-order valence-electron chi connectivity index (χ2n) is 4.12. The van der Waals surface area contributed by atoms with Gasteiger partial charge in [-0.25, -0.2) is 0 Å². The summed E-state index contributed by atoms with van der Waals surface area (Å²) in [4.78, 5) is 0. The Kier molecular flexibility index (Phi) is 4.05. The Morgan fingerprint density at radius 1 is 1.22 bits per heavy atom. The van der Waals surface area contributed by atoms with Gasteiger partial charge < -0.3 is 14.5 Å². The summed E-state index contributed by atoms with van der Waals surface area (Å²) in [5.74, 6) is 1.90. The number of nitrogens with one attached hydrogen (secondary N) is 1. The molecule has 1 N–H and O–H groups in total. The third-order valence-electron chi connectivity index (χ3n) is 3.15. The van der Waals surface area contributed by atoms with Crippen LogP contribution in [-0.4, -0.2) is 14.2 Å². The minimum Gasteiger partial charge on any atom is -0.496 e. The van der Waals surface area contributed by atoms with Crippen molar-refractivity contribution in [3.8, 4) is 5.75 Å². The molecule has 1 aromatic heterocycles. The van der Waals surface area contributed by atoms with Gasteiger partial charge in [0, 0.05) is 17.5 Å². The standard InChI is InChI=1S/C15H19NO2/c1-4-13-12(9-10-18-13)15(16-2)11-7-5-6-8-14(11)17-3/h5-10,15-16H,4H2,1-3H3. The monoisotopic (exact) mass is 245 g/mol. The molecule has 0 fully saturated rings. The van der Waals surface area contributed by atoms with Gasteiger partial charge in [-0.3, -0.25) is 0 Å². The predicted octanol–water partition coefficient (Wildman–Crippen LogP) is 3.16. The van der Waals surface area contributed by atoms with Gasteiger partial charge >= 0.3 is 0 Å². The van der Waals surface area contributed by atoms with E-state index in [-0.39, 0.29) is 6.04 Å². The molecular weight excluding hydrogens is 226 g/mol. The van der Waals surface area contributed by atoms with Crippen molar-refractivity contribution in [3.05, 3.63) is 53.5 Å². The molecule has 2 aromatic rings. The Morgan fingerprint density at radius 2 is 2.00 bits per heavy atom. The van der Waals surface area contributed by atoms with Crippen molar-refractivity contribution < 1.29 is 9.15 Å². The molecule has 2 rings (SSSR count). The van der Waals surface area contributed by atoms with Gasteiger partial charge in [0.05, 0.1) is 19.4 Å². The lowest BCUT2D eigenvalue weighted by Crippen LogP contribution is -2.19. The van der Waals surface area contributed by atoms with Crippen molar-refractivity contribution in [1.29, 1.82) is 0 Å². The van der Waals surface area contributed by atoms with Crippen molar-refractivity contribution in [2.45, 2.75) is 19.4 Å². The number of benzene rings is 1. The SMILES string of the molecule is CCc1occc1C(NC)c1ccccc1OC. The summed E-state index contributed by atoms with van der Waals surface area (Å²) >= 11 is 0. The fourth-order valence-electron chi connectivity index (χ4n) is 2.28. The lowest BCUT2D eigenvalue weighted by atomic mass is 9.97. The molecule has 0 spiro atoms. The van der Waals surface area contributed by atoms with Gasteiger partial charge in [0.25, 0.3) is 0 Å². The molecule has 0 aliphatic rings. The highest BCUT2D eigenvalue weighted by atomic mass is 16.5. The van der Waals surface area contributed by atoms with Gasteiger partial charge in [0.1, 0.15) is 11.5 Å². The van der Waals surface area contributed by atoms with E-state index in [9.17, 15) is 0 Å². The highest BCUT2D eigenvalue weighted by Crippen LogP contribution is 2.31. The Morgan fingerprint density at radius 3 is 2.67 bits per heavy atom. The number of hydrogen-bond donors (Lipinski definition) is 1. The summed E-state index contributed by atoms with van der Waals surface area (Å²) in [6.07, 6.45) is 2.63. The van der Waals surface area contributed by atoms with E-state index in [0.29, 0.717) is 0 Å². The van der Waals surface area contributed by atoms with Crippen LogP contribution in [0.5, 0.6) is 5.75 Å². The highest BCUT2D eigenvalue weighted by molar-refractivity contribution is 5.42. The molecule has 3 heteroatoms. The first-order chi connectivity index (χ1) is 8.81. The van der Waals surface area contributed by atoms with Crippen LogP contribution in [0.2, 0.25) is 0 Å². The summed E-state index contributed by atoms with van der Waals surface area (Å²) in [5.41, 5.74) is 2.29. The normalized spacial score (nSPS) is 12.4. The maximum atomic E-state index is 5.51. The molecule has 3 nitrogen and oxygen atoms in total. The largest absolute Gasteiger partial charge is 0.496 e. The summed E-state index contributed by atoms with van der Waals surface area (Å²) in [6, 6.07) is 10.2.